The number of hydrogen-bond donors (Lipinski definition) is 1. The molecule has 5 nitrogen and oxygen atoms in total. The fourth-order valence-corrected chi connectivity index (χ4v) is 2.88. The van der Waals surface area contributed by atoms with Crippen molar-refractivity contribution in [1.29, 1.82) is 0 Å². The van der Waals surface area contributed by atoms with Gasteiger partial charge < -0.3 is 14.4 Å². The van der Waals surface area contributed by atoms with E-state index in [1.807, 2.05) is 23.6 Å². The van der Waals surface area contributed by atoms with Crippen LogP contribution in [0.3, 0.4) is 0 Å². The first kappa shape index (κ1) is 18.2. The number of aliphatic hydroxyl groups is 1. The third-order valence-corrected chi connectivity index (χ3v) is 4.18. The van der Waals surface area contributed by atoms with E-state index in [9.17, 15) is 14.7 Å². The highest BCUT2D eigenvalue weighted by Crippen LogP contribution is 2.22. The van der Waals surface area contributed by atoms with Gasteiger partial charge in [0.25, 0.3) is 0 Å². The van der Waals surface area contributed by atoms with E-state index < -0.39 is 5.97 Å². The first-order valence-electron chi connectivity index (χ1n) is 8.46. The summed E-state index contributed by atoms with van der Waals surface area (Å²) in [5, 5.41) is 10.3. The molecule has 0 spiro atoms. The number of carbonyl (C=O) groups excluding carboxylic acids is 1. The highest BCUT2D eigenvalue weighted by molar-refractivity contribution is 5.94. The van der Waals surface area contributed by atoms with Gasteiger partial charge in [0.05, 0.1) is 24.8 Å². The van der Waals surface area contributed by atoms with Crippen molar-refractivity contribution in [3.05, 3.63) is 45.7 Å². The van der Waals surface area contributed by atoms with Gasteiger partial charge in [-0.3, -0.25) is 4.79 Å². The summed E-state index contributed by atoms with van der Waals surface area (Å²) in [6.45, 7) is 5.86. The molecular weight excluding hydrogens is 306 g/mol. The Hall–Kier alpha value is -2.14. The molecular formula is C19H25NO4. The maximum absolute atomic E-state index is 12.7. The van der Waals surface area contributed by atoms with Crippen molar-refractivity contribution in [2.75, 3.05) is 13.2 Å². The maximum Gasteiger partial charge on any atom is 0.343 e. The minimum Gasteiger partial charge on any atom is -0.462 e. The normalized spacial score (nSPS) is 12.3. The van der Waals surface area contributed by atoms with Gasteiger partial charge in [0.15, 0.2) is 0 Å². The van der Waals surface area contributed by atoms with Crippen LogP contribution in [-0.4, -0.2) is 28.9 Å². The molecule has 130 valence electrons. The molecule has 0 amide bonds. The summed E-state index contributed by atoms with van der Waals surface area (Å²) in [6, 6.07) is 5.40. The van der Waals surface area contributed by atoms with Crippen LogP contribution in [0.15, 0.2) is 29.2 Å². The van der Waals surface area contributed by atoms with E-state index in [1.54, 1.807) is 13.0 Å². The van der Waals surface area contributed by atoms with Crippen LogP contribution in [-0.2, 0) is 4.74 Å². The summed E-state index contributed by atoms with van der Waals surface area (Å²) in [5.74, 6) is -0.619. The van der Waals surface area contributed by atoms with Crippen LogP contribution >= 0.6 is 0 Å². The van der Waals surface area contributed by atoms with Crippen molar-refractivity contribution in [2.24, 2.45) is 0 Å². The zero-order valence-electron chi connectivity index (χ0n) is 14.5. The van der Waals surface area contributed by atoms with Crippen LogP contribution < -0.4 is 5.43 Å². The number of carbonyl (C=O) groups is 1. The third-order valence-electron chi connectivity index (χ3n) is 4.18. The molecule has 1 aromatic heterocycles. The molecule has 0 saturated carbocycles. The molecule has 0 radical (unpaired) electrons. The lowest BCUT2D eigenvalue weighted by molar-refractivity contribution is 0.0523. The Labute approximate surface area is 141 Å². The number of ether oxygens (including phenoxy) is 1. The van der Waals surface area contributed by atoms with Gasteiger partial charge in [-0.25, -0.2) is 4.79 Å². The van der Waals surface area contributed by atoms with E-state index in [2.05, 4.69) is 6.92 Å². The quantitative estimate of drug-likeness (QED) is 0.791. The monoisotopic (exact) mass is 331 g/mol. The second-order valence-electron chi connectivity index (χ2n) is 6.00. The molecule has 24 heavy (non-hydrogen) atoms. The second-order valence-corrected chi connectivity index (χ2v) is 6.00. The number of aliphatic hydroxyl groups excluding tert-OH is 1. The van der Waals surface area contributed by atoms with E-state index in [-0.39, 0.29) is 30.2 Å². The Morgan fingerprint density at radius 1 is 1.33 bits per heavy atom. The molecule has 0 saturated heterocycles. The van der Waals surface area contributed by atoms with Crippen LogP contribution in [0.25, 0.3) is 10.9 Å². The van der Waals surface area contributed by atoms with Gasteiger partial charge in [-0.2, -0.15) is 0 Å². The Kier molecular flexibility index (Phi) is 6.15. The van der Waals surface area contributed by atoms with Gasteiger partial charge in [-0.1, -0.05) is 31.4 Å². The molecule has 0 aliphatic heterocycles. The van der Waals surface area contributed by atoms with Crippen LogP contribution in [0.4, 0.5) is 0 Å². The summed E-state index contributed by atoms with van der Waals surface area (Å²) in [7, 11) is 0. The van der Waals surface area contributed by atoms with E-state index >= 15 is 0 Å². The third kappa shape index (κ3) is 3.67. The molecule has 1 aromatic carbocycles. The van der Waals surface area contributed by atoms with Crippen molar-refractivity contribution in [1.82, 2.24) is 4.57 Å². The number of rotatable bonds is 7. The molecule has 0 aliphatic rings. The number of benzene rings is 1. The first-order chi connectivity index (χ1) is 11.5. The predicted octanol–water partition coefficient (Wildman–Crippen LogP) is 3.21. The molecule has 0 bridgehead atoms. The molecule has 0 aliphatic carbocycles. The lowest BCUT2D eigenvalue weighted by Gasteiger charge is -2.22. The number of hydrogen-bond acceptors (Lipinski definition) is 4. The fourth-order valence-electron chi connectivity index (χ4n) is 2.88. The van der Waals surface area contributed by atoms with E-state index in [0.29, 0.717) is 5.39 Å². The van der Waals surface area contributed by atoms with Gasteiger partial charge in [0, 0.05) is 11.6 Å². The van der Waals surface area contributed by atoms with E-state index in [0.717, 1.165) is 30.3 Å². The summed E-state index contributed by atoms with van der Waals surface area (Å²) in [6.07, 6.45) is 4.29. The molecule has 0 fully saturated rings. The van der Waals surface area contributed by atoms with Crippen molar-refractivity contribution < 1.29 is 14.6 Å². The summed E-state index contributed by atoms with van der Waals surface area (Å²) < 4.78 is 6.87. The zero-order valence-corrected chi connectivity index (χ0v) is 14.5. The Balaban J connectivity index is 2.70. The highest BCUT2D eigenvalue weighted by atomic mass is 16.5. The summed E-state index contributed by atoms with van der Waals surface area (Å²) in [4.78, 5) is 24.9. The molecule has 1 atom stereocenters. The maximum atomic E-state index is 12.7. The van der Waals surface area contributed by atoms with Gasteiger partial charge in [-0.05, 0) is 32.4 Å². The topological polar surface area (TPSA) is 68.5 Å². The average molecular weight is 331 g/mol. The predicted molar refractivity (Wildman–Crippen MR) is 94.5 cm³/mol. The molecule has 1 heterocycles. The lowest BCUT2D eigenvalue weighted by atomic mass is 10.1. The van der Waals surface area contributed by atoms with Crippen LogP contribution in [0.2, 0.25) is 0 Å². The molecule has 1 N–H and O–H groups in total. The van der Waals surface area contributed by atoms with Crippen molar-refractivity contribution in [2.45, 2.75) is 46.1 Å². The minimum absolute atomic E-state index is 0.0184. The highest BCUT2D eigenvalue weighted by Gasteiger charge is 2.20. The van der Waals surface area contributed by atoms with Crippen molar-refractivity contribution >= 4 is 16.9 Å². The van der Waals surface area contributed by atoms with Crippen molar-refractivity contribution in [3.8, 4) is 0 Å². The van der Waals surface area contributed by atoms with Gasteiger partial charge >= 0.3 is 5.97 Å². The second kappa shape index (κ2) is 8.11. The fraction of sp³-hybridized carbons (Fsp3) is 0.474. The SMILES string of the molecule is CCCC[C@@H](CO)n1cc(C(=O)OCC)c(=O)c2cc(C)ccc21. The van der Waals surface area contributed by atoms with Gasteiger partial charge in [0.1, 0.15) is 5.56 Å². The van der Waals surface area contributed by atoms with Crippen LogP contribution in [0, 0.1) is 6.92 Å². The number of pyridine rings is 1. The number of aromatic nitrogens is 1. The van der Waals surface area contributed by atoms with Gasteiger partial charge in [-0.15, -0.1) is 0 Å². The van der Waals surface area contributed by atoms with Crippen molar-refractivity contribution in [3.63, 3.8) is 0 Å². The molecule has 0 unspecified atom stereocenters. The van der Waals surface area contributed by atoms with E-state index in [4.69, 9.17) is 4.74 Å². The zero-order chi connectivity index (χ0) is 17.7. The Bertz CT molecular complexity index is 779. The number of esters is 1. The molecule has 5 heteroatoms. The number of unbranched alkanes of at least 4 members (excludes halogenated alkanes) is 1. The lowest BCUT2D eigenvalue weighted by Crippen LogP contribution is -2.24. The minimum atomic E-state index is -0.619. The molecule has 2 aromatic rings. The number of fused-ring (bicyclic) bond motifs is 1. The summed E-state index contributed by atoms with van der Waals surface area (Å²) in [5.41, 5.74) is 1.37. The smallest absolute Gasteiger partial charge is 0.343 e. The average Bonchev–Trinajstić information content (AvgIpc) is 2.57. The van der Waals surface area contributed by atoms with Gasteiger partial charge in [0.2, 0.25) is 5.43 Å². The van der Waals surface area contributed by atoms with Crippen LogP contribution in [0.5, 0.6) is 0 Å². The molecule has 2 rings (SSSR count). The Morgan fingerprint density at radius 3 is 2.71 bits per heavy atom. The number of nitrogens with zero attached hydrogens (tertiary/aromatic N) is 1. The van der Waals surface area contributed by atoms with Crippen LogP contribution in [0.1, 0.15) is 55.1 Å². The largest absolute Gasteiger partial charge is 0.462 e. The van der Waals surface area contributed by atoms with E-state index in [1.165, 1.54) is 6.20 Å². The number of aryl methyl sites for hydroxylation is 1. The first-order valence-corrected chi connectivity index (χ1v) is 8.46. The standard InChI is InChI=1S/C19H25NO4/c1-4-6-7-14(12-21)20-11-16(19(23)24-5-2)18(22)15-10-13(3)8-9-17(15)20/h8-11,14,21H,4-7,12H2,1-3H3/t14-/m0/s1. The summed E-state index contributed by atoms with van der Waals surface area (Å²) >= 11 is 0. The Morgan fingerprint density at radius 2 is 2.08 bits per heavy atom.